The smallest absolute Gasteiger partial charge is 0.344 e. The first kappa shape index (κ1) is 17.7. The monoisotopic (exact) mass is 364 g/mol. The van der Waals surface area contributed by atoms with E-state index in [1.807, 2.05) is 35.7 Å². The highest BCUT2D eigenvalue weighted by Crippen LogP contribution is 2.43. The summed E-state index contributed by atoms with van der Waals surface area (Å²) >= 11 is 4.01. The highest BCUT2D eigenvalue weighted by Gasteiger charge is 2.17. The molecule has 0 amide bonds. The fraction of sp³-hybridized carbons (Fsp3) is 0.526. The summed E-state index contributed by atoms with van der Waals surface area (Å²) in [5.41, 5.74) is 1.32. The third-order valence-corrected chi connectivity index (χ3v) is 7.21. The summed E-state index contributed by atoms with van der Waals surface area (Å²) in [6, 6.07) is 8.10. The van der Waals surface area contributed by atoms with Gasteiger partial charge < -0.3 is 9.47 Å². The van der Waals surface area contributed by atoms with E-state index in [-0.39, 0.29) is 12.6 Å². The van der Waals surface area contributed by atoms with Crippen LogP contribution in [0.1, 0.15) is 35.8 Å². The minimum absolute atomic E-state index is 0.0190. The summed E-state index contributed by atoms with van der Waals surface area (Å²) in [5, 5.41) is 0. The van der Waals surface area contributed by atoms with Gasteiger partial charge in [0.2, 0.25) is 0 Å². The van der Waals surface area contributed by atoms with Crippen LogP contribution in [0.5, 0.6) is 5.75 Å². The summed E-state index contributed by atoms with van der Waals surface area (Å²) in [6.45, 7) is 0.483. The first-order valence-electron chi connectivity index (χ1n) is 8.58. The van der Waals surface area contributed by atoms with E-state index in [1.165, 1.54) is 23.5 Å². The predicted octanol–water partition coefficient (Wildman–Crippen LogP) is 4.83. The summed E-state index contributed by atoms with van der Waals surface area (Å²) in [5.74, 6) is 3.37. The maximum absolute atomic E-state index is 11.8. The molecule has 1 aromatic rings. The lowest BCUT2D eigenvalue weighted by Crippen LogP contribution is -2.20. The molecule has 24 heavy (non-hydrogen) atoms. The van der Waals surface area contributed by atoms with Gasteiger partial charge >= 0.3 is 5.97 Å². The lowest BCUT2D eigenvalue weighted by molar-refractivity contribution is -0.147. The van der Waals surface area contributed by atoms with Crippen LogP contribution < -0.4 is 4.74 Å². The molecule has 1 heterocycles. The van der Waals surface area contributed by atoms with E-state index in [2.05, 4.69) is 24.3 Å². The van der Waals surface area contributed by atoms with Crippen molar-refractivity contribution in [2.24, 2.45) is 5.92 Å². The van der Waals surface area contributed by atoms with Crippen LogP contribution in [-0.4, -0.2) is 30.7 Å². The molecule has 1 aliphatic heterocycles. The number of ether oxygens (including phenoxy) is 2. The van der Waals surface area contributed by atoms with Crippen molar-refractivity contribution in [1.29, 1.82) is 0 Å². The van der Waals surface area contributed by atoms with Gasteiger partial charge in [0.25, 0.3) is 0 Å². The van der Waals surface area contributed by atoms with E-state index in [1.54, 1.807) is 0 Å². The summed E-state index contributed by atoms with van der Waals surface area (Å²) in [6.07, 6.45) is 8.85. The van der Waals surface area contributed by atoms with Crippen molar-refractivity contribution in [3.8, 4) is 5.75 Å². The van der Waals surface area contributed by atoms with Gasteiger partial charge in [0.1, 0.15) is 5.75 Å². The molecule has 1 fully saturated rings. The molecule has 2 aliphatic rings. The Morgan fingerprint density at radius 3 is 2.62 bits per heavy atom. The topological polar surface area (TPSA) is 35.5 Å². The van der Waals surface area contributed by atoms with Crippen LogP contribution in [0.2, 0.25) is 0 Å². The largest absolute Gasteiger partial charge is 0.482 e. The van der Waals surface area contributed by atoms with Crippen molar-refractivity contribution >= 4 is 29.5 Å². The number of thioether (sulfide) groups is 2. The number of benzene rings is 1. The molecule has 1 unspecified atom stereocenters. The molecule has 0 spiro atoms. The Balaban J connectivity index is 1.39. The van der Waals surface area contributed by atoms with Crippen molar-refractivity contribution in [1.82, 2.24) is 0 Å². The number of hydrogen-bond donors (Lipinski definition) is 0. The fourth-order valence-electron chi connectivity index (χ4n) is 2.80. The molecule has 3 nitrogen and oxygen atoms in total. The molecule has 0 N–H and O–H groups in total. The molecule has 1 aromatic carbocycles. The Hall–Kier alpha value is -1.07. The van der Waals surface area contributed by atoms with E-state index in [0.29, 0.717) is 17.1 Å². The normalized spacial score (nSPS) is 21.4. The molecule has 0 aromatic heterocycles. The average Bonchev–Trinajstić information content (AvgIpc) is 2.67. The van der Waals surface area contributed by atoms with Crippen LogP contribution in [-0.2, 0) is 9.53 Å². The Kier molecular flexibility index (Phi) is 6.97. The van der Waals surface area contributed by atoms with Crippen molar-refractivity contribution in [2.45, 2.75) is 30.3 Å². The highest BCUT2D eigenvalue weighted by molar-refractivity contribution is 8.16. The Bertz CT molecular complexity index is 550. The van der Waals surface area contributed by atoms with Crippen LogP contribution >= 0.6 is 23.5 Å². The van der Waals surface area contributed by atoms with Gasteiger partial charge in [-0.1, -0.05) is 24.3 Å². The van der Waals surface area contributed by atoms with Gasteiger partial charge in [-0.25, -0.2) is 4.79 Å². The van der Waals surface area contributed by atoms with Crippen molar-refractivity contribution in [3.63, 3.8) is 0 Å². The van der Waals surface area contributed by atoms with Gasteiger partial charge in [0.05, 0.1) is 11.2 Å². The van der Waals surface area contributed by atoms with E-state index < -0.39 is 0 Å². The van der Waals surface area contributed by atoms with E-state index in [9.17, 15) is 4.79 Å². The van der Waals surface area contributed by atoms with Crippen LogP contribution in [0.15, 0.2) is 36.4 Å². The number of rotatable bonds is 6. The molecule has 5 heteroatoms. The molecular weight excluding hydrogens is 340 g/mol. The third-order valence-electron chi connectivity index (χ3n) is 4.19. The molecule has 130 valence electrons. The zero-order valence-corrected chi connectivity index (χ0v) is 15.4. The van der Waals surface area contributed by atoms with Crippen molar-refractivity contribution in [3.05, 3.63) is 42.0 Å². The molecule has 1 aliphatic carbocycles. The zero-order chi connectivity index (χ0) is 16.6. The standard InChI is InChI=1S/C19H24O3S2/c20-18(22-13-15-5-2-1-3-6-15)14-21-17-9-7-16(8-10-17)19-23-11-4-12-24-19/h1-2,7-10,15,19H,3-6,11-14H2. The zero-order valence-electron chi connectivity index (χ0n) is 13.8. The average molecular weight is 365 g/mol. The molecule has 0 bridgehead atoms. The van der Waals surface area contributed by atoms with Crippen LogP contribution in [0, 0.1) is 5.92 Å². The summed E-state index contributed by atoms with van der Waals surface area (Å²) in [7, 11) is 0. The Labute approximate surface area is 152 Å². The molecule has 0 saturated carbocycles. The molecule has 0 radical (unpaired) electrons. The van der Waals surface area contributed by atoms with Gasteiger partial charge in [0.15, 0.2) is 6.61 Å². The maximum Gasteiger partial charge on any atom is 0.344 e. The minimum atomic E-state index is -0.285. The Morgan fingerprint density at radius 2 is 1.92 bits per heavy atom. The van der Waals surface area contributed by atoms with Gasteiger partial charge in [-0.05, 0) is 60.8 Å². The van der Waals surface area contributed by atoms with Crippen molar-refractivity contribution in [2.75, 3.05) is 24.7 Å². The van der Waals surface area contributed by atoms with Crippen molar-refractivity contribution < 1.29 is 14.3 Å². The SMILES string of the molecule is O=C(COc1ccc(C2SCCCS2)cc1)OCC1CC=CCC1. The van der Waals surface area contributed by atoms with E-state index in [4.69, 9.17) is 9.47 Å². The summed E-state index contributed by atoms with van der Waals surface area (Å²) < 4.78 is 11.4. The molecule has 1 saturated heterocycles. The quantitative estimate of drug-likeness (QED) is 0.533. The maximum atomic E-state index is 11.8. The van der Waals surface area contributed by atoms with Crippen LogP contribution in [0.3, 0.4) is 0 Å². The molecule has 3 rings (SSSR count). The number of hydrogen-bond acceptors (Lipinski definition) is 5. The second-order valence-corrected chi connectivity index (χ2v) is 8.84. The first-order chi connectivity index (χ1) is 11.8. The van der Waals surface area contributed by atoms with Gasteiger partial charge in [0, 0.05) is 0 Å². The lowest BCUT2D eigenvalue weighted by atomic mass is 9.95. The lowest BCUT2D eigenvalue weighted by Gasteiger charge is -2.21. The number of esters is 1. The first-order valence-corrected chi connectivity index (χ1v) is 10.7. The van der Waals surface area contributed by atoms with Gasteiger partial charge in [-0.2, -0.15) is 0 Å². The summed E-state index contributed by atoms with van der Waals surface area (Å²) in [4.78, 5) is 11.8. The third kappa shape index (κ3) is 5.49. The molecular formula is C19H24O3S2. The second kappa shape index (κ2) is 9.42. The second-order valence-electron chi connectivity index (χ2n) is 6.12. The fourth-order valence-corrected chi connectivity index (χ4v) is 5.70. The highest BCUT2D eigenvalue weighted by atomic mass is 32.2. The number of carbonyl (C=O) groups is 1. The minimum Gasteiger partial charge on any atom is -0.482 e. The van der Waals surface area contributed by atoms with E-state index in [0.717, 1.165) is 25.0 Å². The Morgan fingerprint density at radius 1 is 1.12 bits per heavy atom. The van der Waals surface area contributed by atoms with Gasteiger partial charge in [-0.15, -0.1) is 23.5 Å². The predicted molar refractivity (Wildman–Crippen MR) is 102 cm³/mol. The number of allylic oxidation sites excluding steroid dienone is 2. The van der Waals surface area contributed by atoms with Crippen LogP contribution in [0.4, 0.5) is 0 Å². The van der Waals surface area contributed by atoms with Crippen LogP contribution in [0.25, 0.3) is 0 Å². The molecule has 1 atom stereocenters. The van der Waals surface area contributed by atoms with Gasteiger partial charge in [-0.3, -0.25) is 0 Å². The number of carbonyl (C=O) groups excluding carboxylic acids is 1. The van der Waals surface area contributed by atoms with E-state index >= 15 is 0 Å².